The molecule has 1 aliphatic heterocycles. The van der Waals surface area contributed by atoms with Gasteiger partial charge in [-0.25, -0.2) is 0 Å². The normalized spacial score (nSPS) is 15.2. The van der Waals surface area contributed by atoms with Crippen molar-refractivity contribution in [2.75, 3.05) is 6.54 Å². The van der Waals surface area contributed by atoms with E-state index < -0.39 is 29.9 Å². The van der Waals surface area contributed by atoms with Gasteiger partial charge in [0.1, 0.15) is 18.0 Å². The second kappa shape index (κ2) is 13.9. The van der Waals surface area contributed by atoms with Crippen molar-refractivity contribution in [1.82, 2.24) is 10.2 Å². The van der Waals surface area contributed by atoms with E-state index >= 15 is 0 Å². The molecule has 0 radical (unpaired) electrons. The van der Waals surface area contributed by atoms with Gasteiger partial charge in [0.15, 0.2) is 0 Å². The average molecular weight is 531 g/mol. The summed E-state index contributed by atoms with van der Waals surface area (Å²) in [6.07, 6.45) is -0.0626. The lowest BCUT2D eigenvalue weighted by Gasteiger charge is -2.30. The Bertz CT molecular complexity index is 1220. The Morgan fingerprint density at radius 3 is 1.97 bits per heavy atom. The van der Waals surface area contributed by atoms with E-state index in [1.807, 2.05) is 72.8 Å². The van der Waals surface area contributed by atoms with Crippen molar-refractivity contribution in [3.05, 3.63) is 107 Å². The molecule has 0 aromatic heterocycles. The Labute approximate surface area is 227 Å². The lowest BCUT2D eigenvalue weighted by atomic mass is 9.86. The van der Waals surface area contributed by atoms with Gasteiger partial charge in [-0.05, 0) is 29.5 Å². The number of hydrogen-bond acceptors (Lipinski definition) is 5. The monoisotopic (exact) mass is 530 g/mol. The van der Waals surface area contributed by atoms with Gasteiger partial charge in [-0.3, -0.25) is 19.8 Å². The lowest BCUT2D eigenvalue weighted by Crippen LogP contribution is -2.50. The zero-order valence-electron chi connectivity index (χ0n) is 21.8. The van der Waals surface area contributed by atoms with E-state index in [1.165, 1.54) is 4.90 Å². The van der Waals surface area contributed by atoms with Gasteiger partial charge in [-0.1, -0.05) is 84.9 Å². The fourth-order valence-electron chi connectivity index (χ4n) is 4.60. The Kier molecular flexibility index (Phi) is 10.3. The molecular weight excluding hydrogens is 496 g/mol. The van der Waals surface area contributed by atoms with Crippen LogP contribution in [-0.4, -0.2) is 57.4 Å². The standard InChI is InChI=1S/C28H30N4O3.C2H4O2/c29-26(30)22-15-13-19(14-16-22)18-31-27(34)23-12-7-17-32(23)28(35)25(33)24(20-8-3-1-4-9-20)21-10-5-2-6-11-21;1-2(3)4/h1-6,8-11,13-16,23-25,33H,7,12,17-18H2,(H3,29,30)(H,31,34);1H3,(H,3,4). The first-order chi connectivity index (χ1) is 18.7. The predicted molar refractivity (Wildman–Crippen MR) is 148 cm³/mol. The Balaban J connectivity index is 0.000000983. The van der Waals surface area contributed by atoms with E-state index in [0.29, 0.717) is 31.5 Å². The van der Waals surface area contributed by atoms with Crippen LogP contribution in [0.5, 0.6) is 0 Å². The van der Waals surface area contributed by atoms with Gasteiger partial charge < -0.3 is 26.2 Å². The van der Waals surface area contributed by atoms with Crippen molar-refractivity contribution < 1.29 is 24.6 Å². The number of nitrogens with zero attached hydrogens (tertiary/aromatic N) is 1. The molecule has 0 aliphatic carbocycles. The van der Waals surface area contributed by atoms with E-state index in [4.69, 9.17) is 21.0 Å². The molecule has 2 amide bonds. The van der Waals surface area contributed by atoms with Crippen LogP contribution >= 0.6 is 0 Å². The molecule has 2 atom stereocenters. The van der Waals surface area contributed by atoms with Gasteiger partial charge >= 0.3 is 0 Å². The highest BCUT2D eigenvalue weighted by Crippen LogP contribution is 2.31. The molecule has 6 N–H and O–H groups in total. The van der Waals surface area contributed by atoms with Gasteiger partial charge in [-0.15, -0.1) is 0 Å². The van der Waals surface area contributed by atoms with Gasteiger partial charge in [-0.2, -0.15) is 0 Å². The van der Waals surface area contributed by atoms with Crippen LogP contribution in [0.1, 0.15) is 47.9 Å². The van der Waals surface area contributed by atoms with Crippen molar-refractivity contribution in [3.63, 3.8) is 0 Å². The van der Waals surface area contributed by atoms with Crippen molar-refractivity contribution in [2.45, 2.75) is 44.4 Å². The molecule has 204 valence electrons. The highest BCUT2D eigenvalue weighted by atomic mass is 16.4. The summed E-state index contributed by atoms with van der Waals surface area (Å²) in [6.45, 7) is 1.81. The number of carboxylic acids is 1. The largest absolute Gasteiger partial charge is 0.481 e. The number of amides is 2. The molecule has 4 rings (SSSR count). The summed E-state index contributed by atoms with van der Waals surface area (Å²) in [5, 5.41) is 29.1. The van der Waals surface area contributed by atoms with Crippen LogP contribution in [0.2, 0.25) is 0 Å². The summed E-state index contributed by atoms with van der Waals surface area (Å²) < 4.78 is 0. The van der Waals surface area contributed by atoms with Crippen molar-refractivity contribution in [2.24, 2.45) is 5.73 Å². The van der Waals surface area contributed by atoms with Crippen LogP contribution in [0.3, 0.4) is 0 Å². The number of rotatable bonds is 8. The molecule has 1 heterocycles. The number of nitrogens with one attached hydrogen (secondary N) is 2. The molecule has 3 aromatic rings. The molecule has 1 aliphatic rings. The topological polar surface area (TPSA) is 157 Å². The third kappa shape index (κ3) is 7.99. The minimum atomic E-state index is -1.31. The number of aliphatic hydroxyl groups excluding tert-OH is 1. The molecule has 1 saturated heterocycles. The third-order valence-corrected chi connectivity index (χ3v) is 6.46. The predicted octanol–water partition coefficient (Wildman–Crippen LogP) is 2.86. The third-order valence-electron chi connectivity index (χ3n) is 6.46. The fourth-order valence-corrected chi connectivity index (χ4v) is 4.60. The van der Waals surface area contributed by atoms with E-state index in [2.05, 4.69) is 5.32 Å². The van der Waals surface area contributed by atoms with Crippen LogP contribution in [0.15, 0.2) is 84.9 Å². The number of amidine groups is 1. The number of carbonyl (C=O) groups is 3. The summed E-state index contributed by atoms with van der Waals surface area (Å²) in [7, 11) is 0. The number of hydrogen-bond donors (Lipinski definition) is 5. The van der Waals surface area contributed by atoms with Gasteiger partial charge in [0.25, 0.3) is 11.9 Å². The first-order valence-corrected chi connectivity index (χ1v) is 12.7. The van der Waals surface area contributed by atoms with Crippen LogP contribution in [-0.2, 0) is 20.9 Å². The maximum absolute atomic E-state index is 13.5. The first-order valence-electron chi connectivity index (χ1n) is 12.7. The average Bonchev–Trinajstić information content (AvgIpc) is 3.43. The zero-order chi connectivity index (χ0) is 28.4. The van der Waals surface area contributed by atoms with E-state index in [0.717, 1.165) is 23.6 Å². The quantitative estimate of drug-likeness (QED) is 0.223. The first kappa shape index (κ1) is 29.1. The Hall–Kier alpha value is -4.50. The molecule has 39 heavy (non-hydrogen) atoms. The molecule has 0 spiro atoms. The number of likely N-dealkylation sites (tertiary alicyclic amines) is 1. The summed E-state index contributed by atoms with van der Waals surface area (Å²) >= 11 is 0. The smallest absolute Gasteiger partial charge is 0.300 e. The molecule has 2 unspecified atom stereocenters. The second-order valence-corrected chi connectivity index (χ2v) is 9.28. The minimum Gasteiger partial charge on any atom is -0.481 e. The van der Waals surface area contributed by atoms with Crippen LogP contribution in [0, 0.1) is 5.41 Å². The molecule has 9 nitrogen and oxygen atoms in total. The minimum absolute atomic E-state index is 0.0106. The van der Waals surface area contributed by atoms with Crippen molar-refractivity contribution in [3.8, 4) is 0 Å². The van der Waals surface area contributed by atoms with Crippen LogP contribution in [0.25, 0.3) is 0 Å². The summed E-state index contributed by atoms with van der Waals surface area (Å²) in [5.41, 5.74) is 8.66. The molecule has 0 bridgehead atoms. The maximum Gasteiger partial charge on any atom is 0.300 e. The van der Waals surface area contributed by atoms with Gasteiger partial charge in [0.05, 0.1) is 0 Å². The number of aliphatic carboxylic acids is 1. The Morgan fingerprint density at radius 2 is 1.49 bits per heavy atom. The number of aliphatic hydroxyl groups is 1. The van der Waals surface area contributed by atoms with E-state index in [1.54, 1.807) is 12.1 Å². The number of carboxylic acid groups (broad SMARTS) is 1. The molecule has 1 fully saturated rings. The zero-order valence-corrected chi connectivity index (χ0v) is 21.8. The second-order valence-electron chi connectivity index (χ2n) is 9.28. The number of nitrogen functional groups attached to an aromatic ring is 1. The van der Waals surface area contributed by atoms with Crippen molar-refractivity contribution >= 4 is 23.6 Å². The van der Waals surface area contributed by atoms with Crippen molar-refractivity contribution in [1.29, 1.82) is 5.41 Å². The summed E-state index contributed by atoms with van der Waals surface area (Å²) in [5.74, 6) is -2.06. The number of carbonyl (C=O) groups excluding carboxylic acids is 2. The van der Waals surface area contributed by atoms with Crippen LogP contribution in [0.4, 0.5) is 0 Å². The summed E-state index contributed by atoms with van der Waals surface area (Å²) in [4.78, 5) is 37.0. The maximum atomic E-state index is 13.5. The SMILES string of the molecule is CC(=O)O.N=C(N)c1ccc(CNC(=O)C2CCCN2C(=O)C(O)C(c2ccccc2)c2ccccc2)cc1. The highest BCUT2D eigenvalue weighted by Gasteiger charge is 2.39. The molecule has 3 aromatic carbocycles. The van der Waals surface area contributed by atoms with Gasteiger partial charge in [0, 0.05) is 31.5 Å². The number of nitrogens with two attached hydrogens (primary N) is 1. The molecule has 9 heteroatoms. The Morgan fingerprint density at radius 1 is 0.974 bits per heavy atom. The van der Waals surface area contributed by atoms with Crippen LogP contribution < -0.4 is 11.1 Å². The van der Waals surface area contributed by atoms with E-state index in [9.17, 15) is 14.7 Å². The lowest BCUT2D eigenvalue weighted by molar-refractivity contribution is -0.145. The fraction of sp³-hybridized carbons (Fsp3) is 0.267. The highest BCUT2D eigenvalue weighted by molar-refractivity contribution is 5.95. The summed E-state index contributed by atoms with van der Waals surface area (Å²) in [6, 6.07) is 25.4. The molecular formula is C30H34N4O5. The van der Waals surface area contributed by atoms with Gasteiger partial charge in [0.2, 0.25) is 5.91 Å². The van der Waals surface area contributed by atoms with E-state index in [-0.39, 0.29) is 11.7 Å². The molecule has 0 saturated carbocycles. The number of benzene rings is 3.